The lowest BCUT2D eigenvalue weighted by Gasteiger charge is -2.27. The molecule has 1 aromatic carbocycles. The summed E-state index contributed by atoms with van der Waals surface area (Å²) in [5, 5.41) is 18.8. The molecule has 0 aliphatic carbocycles. The van der Waals surface area contributed by atoms with Crippen LogP contribution in [0.3, 0.4) is 0 Å². The Morgan fingerprint density at radius 1 is 1.15 bits per heavy atom. The summed E-state index contributed by atoms with van der Waals surface area (Å²) < 4.78 is 0. The lowest BCUT2D eigenvalue weighted by atomic mass is 10.1. The van der Waals surface area contributed by atoms with E-state index < -0.39 is 18.1 Å². The molecule has 0 saturated carbocycles. The van der Waals surface area contributed by atoms with Crippen molar-refractivity contribution in [1.29, 1.82) is 0 Å². The molecule has 20 heavy (non-hydrogen) atoms. The van der Waals surface area contributed by atoms with Crippen molar-refractivity contribution in [2.24, 2.45) is 0 Å². The first-order valence-electron chi connectivity index (χ1n) is 6.59. The zero-order valence-corrected chi connectivity index (χ0v) is 10.9. The fourth-order valence-corrected chi connectivity index (χ4v) is 2.91. The monoisotopic (exact) mass is 276 g/mol. The van der Waals surface area contributed by atoms with Crippen LogP contribution >= 0.6 is 0 Å². The number of aliphatic hydroxyl groups excluding tert-OH is 1. The van der Waals surface area contributed by atoms with Crippen molar-refractivity contribution in [3.8, 4) is 0 Å². The Labute approximate surface area is 116 Å². The van der Waals surface area contributed by atoms with Crippen molar-refractivity contribution >= 4 is 12.0 Å². The average molecular weight is 276 g/mol. The van der Waals surface area contributed by atoms with Crippen molar-refractivity contribution in [3.05, 3.63) is 35.4 Å². The first-order valence-corrected chi connectivity index (χ1v) is 6.59. The van der Waals surface area contributed by atoms with E-state index >= 15 is 0 Å². The van der Waals surface area contributed by atoms with E-state index in [4.69, 9.17) is 5.11 Å². The number of carbonyl (C=O) groups is 2. The molecule has 6 nitrogen and oxygen atoms in total. The highest BCUT2D eigenvalue weighted by molar-refractivity contribution is 5.83. The fourth-order valence-electron chi connectivity index (χ4n) is 2.91. The van der Waals surface area contributed by atoms with Gasteiger partial charge in [0.05, 0.1) is 6.10 Å². The van der Waals surface area contributed by atoms with Crippen LogP contribution in [0.4, 0.5) is 4.79 Å². The summed E-state index contributed by atoms with van der Waals surface area (Å²) in [6.45, 7) is 1.07. The number of amides is 2. The van der Waals surface area contributed by atoms with Crippen LogP contribution in [-0.2, 0) is 17.9 Å². The van der Waals surface area contributed by atoms with Gasteiger partial charge in [-0.15, -0.1) is 0 Å². The minimum Gasteiger partial charge on any atom is -0.480 e. The molecule has 106 valence electrons. The topological polar surface area (TPSA) is 81.1 Å². The number of hydrogen-bond donors (Lipinski definition) is 2. The van der Waals surface area contributed by atoms with E-state index in [1.807, 2.05) is 24.3 Å². The number of aliphatic carboxylic acids is 1. The molecular weight excluding hydrogens is 260 g/mol. The first kappa shape index (κ1) is 12.9. The molecule has 0 spiro atoms. The summed E-state index contributed by atoms with van der Waals surface area (Å²) in [6, 6.07) is 6.54. The predicted molar refractivity (Wildman–Crippen MR) is 69.8 cm³/mol. The van der Waals surface area contributed by atoms with E-state index in [0.29, 0.717) is 13.1 Å². The number of rotatable bonds is 1. The van der Waals surface area contributed by atoms with Crippen LogP contribution in [0.15, 0.2) is 24.3 Å². The number of carboxylic acid groups (broad SMARTS) is 1. The lowest BCUT2D eigenvalue weighted by Crippen LogP contribution is -2.46. The van der Waals surface area contributed by atoms with E-state index in [1.54, 1.807) is 4.90 Å². The number of aliphatic hydroxyl groups is 1. The van der Waals surface area contributed by atoms with E-state index in [2.05, 4.69) is 0 Å². The van der Waals surface area contributed by atoms with Crippen LogP contribution in [-0.4, -0.2) is 50.7 Å². The molecule has 0 aromatic heterocycles. The molecule has 2 N–H and O–H groups in total. The van der Waals surface area contributed by atoms with Gasteiger partial charge in [0.15, 0.2) is 0 Å². The smallest absolute Gasteiger partial charge is 0.326 e. The van der Waals surface area contributed by atoms with Crippen molar-refractivity contribution in [2.45, 2.75) is 31.7 Å². The van der Waals surface area contributed by atoms with Gasteiger partial charge in [-0.25, -0.2) is 9.59 Å². The number of carbonyl (C=O) groups excluding carboxylic acids is 1. The SMILES string of the molecule is O=C(O)[C@@H]1C[C@@H](O)CN1C(=O)N1Cc2ccccc2C1. The summed E-state index contributed by atoms with van der Waals surface area (Å²) >= 11 is 0. The van der Waals surface area contributed by atoms with Crippen molar-refractivity contribution in [2.75, 3.05) is 6.54 Å². The Morgan fingerprint density at radius 2 is 1.75 bits per heavy atom. The van der Waals surface area contributed by atoms with E-state index in [-0.39, 0.29) is 19.0 Å². The van der Waals surface area contributed by atoms with Gasteiger partial charge in [0.25, 0.3) is 0 Å². The number of urea groups is 1. The van der Waals surface area contributed by atoms with Crippen LogP contribution < -0.4 is 0 Å². The minimum atomic E-state index is -1.06. The maximum atomic E-state index is 12.5. The molecule has 6 heteroatoms. The maximum Gasteiger partial charge on any atom is 0.326 e. The summed E-state index contributed by atoms with van der Waals surface area (Å²) in [6.07, 6.45) is -0.660. The highest BCUT2D eigenvalue weighted by Gasteiger charge is 2.41. The molecule has 0 radical (unpaired) electrons. The van der Waals surface area contributed by atoms with Crippen molar-refractivity contribution < 1.29 is 19.8 Å². The maximum absolute atomic E-state index is 12.5. The summed E-state index contributed by atoms with van der Waals surface area (Å²) in [7, 11) is 0. The quantitative estimate of drug-likeness (QED) is 0.789. The Morgan fingerprint density at radius 3 is 2.30 bits per heavy atom. The Hall–Kier alpha value is -2.08. The molecule has 2 amide bonds. The third-order valence-electron chi connectivity index (χ3n) is 3.92. The summed E-state index contributed by atoms with van der Waals surface area (Å²) in [5.74, 6) is -1.06. The number of benzene rings is 1. The van der Waals surface area contributed by atoms with Gasteiger partial charge in [-0.2, -0.15) is 0 Å². The van der Waals surface area contributed by atoms with Crippen LogP contribution in [0.2, 0.25) is 0 Å². The van der Waals surface area contributed by atoms with E-state index in [9.17, 15) is 14.7 Å². The normalized spacial score (nSPS) is 24.9. The second kappa shape index (κ2) is 4.79. The average Bonchev–Trinajstić information content (AvgIpc) is 3.01. The van der Waals surface area contributed by atoms with Crippen molar-refractivity contribution in [3.63, 3.8) is 0 Å². The number of likely N-dealkylation sites (tertiary alicyclic amines) is 1. The highest BCUT2D eigenvalue weighted by atomic mass is 16.4. The Bertz CT molecular complexity index is 535. The number of fused-ring (bicyclic) bond motifs is 1. The van der Waals surface area contributed by atoms with Gasteiger partial charge in [-0.1, -0.05) is 24.3 Å². The second-order valence-electron chi connectivity index (χ2n) is 5.30. The summed E-state index contributed by atoms with van der Waals surface area (Å²) in [5.41, 5.74) is 2.18. The Kier molecular flexibility index (Phi) is 3.10. The lowest BCUT2D eigenvalue weighted by molar-refractivity contribution is -0.141. The molecule has 3 rings (SSSR count). The number of nitrogens with zero attached hydrogens (tertiary/aromatic N) is 2. The fraction of sp³-hybridized carbons (Fsp3) is 0.429. The summed E-state index contributed by atoms with van der Waals surface area (Å²) in [4.78, 5) is 26.5. The van der Waals surface area contributed by atoms with Crippen LogP contribution in [0, 0.1) is 0 Å². The van der Waals surface area contributed by atoms with E-state index in [0.717, 1.165) is 11.1 Å². The molecule has 1 aromatic rings. The first-order chi connectivity index (χ1) is 9.56. The standard InChI is InChI=1S/C14H16N2O4/c17-11-5-12(13(18)19)16(8-11)14(20)15-6-9-3-1-2-4-10(9)7-15/h1-4,11-12,17H,5-8H2,(H,18,19)/t11-,12+/m1/s1. The van der Waals surface area contributed by atoms with Gasteiger partial charge in [-0.3, -0.25) is 0 Å². The molecule has 1 fully saturated rings. The third kappa shape index (κ3) is 2.12. The largest absolute Gasteiger partial charge is 0.480 e. The van der Waals surface area contributed by atoms with Crippen LogP contribution in [0.5, 0.6) is 0 Å². The zero-order chi connectivity index (χ0) is 14.3. The number of carboxylic acids is 1. The Balaban J connectivity index is 1.76. The minimum absolute atomic E-state index is 0.0860. The second-order valence-corrected chi connectivity index (χ2v) is 5.30. The molecule has 2 aliphatic rings. The van der Waals surface area contributed by atoms with E-state index in [1.165, 1.54) is 4.90 Å². The number of hydrogen-bond acceptors (Lipinski definition) is 3. The van der Waals surface area contributed by atoms with Crippen molar-refractivity contribution in [1.82, 2.24) is 9.80 Å². The third-order valence-corrected chi connectivity index (χ3v) is 3.92. The van der Waals surface area contributed by atoms with Crippen LogP contribution in [0.25, 0.3) is 0 Å². The molecule has 0 bridgehead atoms. The number of β-amino-alcohol motifs (C(OH)–C–C–N with tert-alkyl or cyclic N) is 1. The molecule has 2 atom stereocenters. The molecule has 2 heterocycles. The highest BCUT2D eigenvalue weighted by Crippen LogP contribution is 2.26. The van der Waals surface area contributed by atoms with Gasteiger partial charge in [-0.05, 0) is 11.1 Å². The van der Waals surface area contributed by atoms with Gasteiger partial charge in [0.1, 0.15) is 6.04 Å². The molecular formula is C14H16N2O4. The molecule has 1 saturated heterocycles. The molecule has 2 aliphatic heterocycles. The van der Waals surface area contributed by atoms with Crippen LogP contribution in [0.1, 0.15) is 17.5 Å². The zero-order valence-electron chi connectivity index (χ0n) is 10.9. The van der Waals surface area contributed by atoms with Gasteiger partial charge in [0.2, 0.25) is 0 Å². The molecule has 0 unspecified atom stereocenters. The predicted octanol–water partition coefficient (Wildman–Crippen LogP) is 0.642. The van der Waals surface area contributed by atoms with Gasteiger partial charge < -0.3 is 20.0 Å². The van der Waals surface area contributed by atoms with Gasteiger partial charge >= 0.3 is 12.0 Å². The van der Waals surface area contributed by atoms with Gasteiger partial charge in [0, 0.05) is 26.1 Å².